The molecule has 0 spiro atoms. The number of carboxylic acid groups (broad SMARTS) is 1. The van der Waals surface area contributed by atoms with Crippen molar-refractivity contribution in [1.82, 2.24) is 0 Å². The van der Waals surface area contributed by atoms with Gasteiger partial charge in [0, 0.05) is 6.42 Å². The second kappa shape index (κ2) is 5.50. The number of benzene rings is 1. The minimum absolute atomic E-state index is 0.0453. The number of carboxylic acids is 1. The van der Waals surface area contributed by atoms with Crippen molar-refractivity contribution in [1.29, 1.82) is 0 Å². The van der Waals surface area contributed by atoms with Gasteiger partial charge >= 0.3 is 11.9 Å². The fraction of sp³-hybridized carbons (Fsp3) is 0.429. The highest BCUT2D eigenvalue weighted by Crippen LogP contribution is 2.19. The van der Waals surface area contributed by atoms with Gasteiger partial charge in [-0.1, -0.05) is 12.1 Å². The lowest BCUT2D eigenvalue weighted by Crippen LogP contribution is -2.58. The van der Waals surface area contributed by atoms with E-state index in [1.807, 2.05) is 0 Å². The lowest BCUT2D eigenvalue weighted by molar-refractivity contribution is -0.169. The van der Waals surface area contributed by atoms with E-state index in [4.69, 9.17) is 10.5 Å². The molecule has 6 heteroatoms. The van der Waals surface area contributed by atoms with Gasteiger partial charge in [0.05, 0.1) is 0 Å². The fourth-order valence-electron chi connectivity index (χ4n) is 1.54. The van der Waals surface area contributed by atoms with Crippen LogP contribution in [0.5, 0.6) is 5.75 Å². The molecule has 0 unspecified atom stereocenters. The summed E-state index contributed by atoms with van der Waals surface area (Å²) < 4.78 is 5.07. The largest absolute Gasteiger partial charge is 0.508 e. The lowest BCUT2D eigenvalue weighted by Gasteiger charge is -2.28. The number of ether oxygens (including phenoxy) is 1. The zero-order chi connectivity index (χ0) is 15.6. The molecule has 0 aromatic heterocycles. The van der Waals surface area contributed by atoms with Crippen molar-refractivity contribution in [3.63, 3.8) is 0 Å². The van der Waals surface area contributed by atoms with E-state index in [-0.39, 0.29) is 12.2 Å². The summed E-state index contributed by atoms with van der Waals surface area (Å²) in [6.45, 7) is 4.90. The van der Waals surface area contributed by atoms with Crippen LogP contribution in [0.1, 0.15) is 26.3 Å². The molecule has 1 rings (SSSR count). The molecule has 6 nitrogen and oxygen atoms in total. The monoisotopic (exact) mass is 281 g/mol. The van der Waals surface area contributed by atoms with Gasteiger partial charge < -0.3 is 20.7 Å². The number of esters is 1. The van der Waals surface area contributed by atoms with Crippen LogP contribution >= 0.6 is 0 Å². The van der Waals surface area contributed by atoms with Crippen LogP contribution in [0.15, 0.2) is 24.3 Å². The molecule has 4 N–H and O–H groups in total. The van der Waals surface area contributed by atoms with Crippen LogP contribution in [0.2, 0.25) is 0 Å². The van der Waals surface area contributed by atoms with Crippen LogP contribution in [0, 0.1) is 0 Å². The summed E-state index contributed by atoms with van der Waals surface area (Å²) in [5.74, 6) is -2.41. The molecule has 0 heterocycles. The van der Waals surface area contributed by atoms with Gasteiger partial charge in [-0.2, -0.15) is 0 Å². The fourth-order valence-corrected chi connectivity index (χ4v) is 1.54. The Morgan fingerprint density at radius 2 is 1.70 bits per heavy atom. The number of aromatic hydroxyl groups is 1. The topological polar surface area (TPSA) is 110 Å². The number of phenolic OH excluding ortho intramolecular Hbond substituents is 1. The first-order valence-corrected chi connectivity index (χ1v) is 6.08. The average Bonchev–Trinajstić information content (AvgIpc) is 2.29. The van der Waals surface area contributed by atoms with Gasteiger partial charge in [-0.3, -0.25) is 0 Å². The quantitative estimate of drug-likeness (QED) is 0.562. The van der Waals surface area contributed by atoms with E-state index < -0.39 is 23.1 Å². The van der Waals surface area contributed by atoms with Crippen molar-refractivity contribution in [2.45, 2.75) is 38.3 Å². The molecule has 0 aliphatic heterocycles. The Hall–Kier alpha value is -2.08. The molecule has 0 bridgehead atoms. The number of hydrogen-bond acceptors (Lipinski definition) is 5. The van der Waals surface area contributed by atoms with E-state index in [0.717, 1.165) is 0 Å². The van der Waals surface area contributed by atoms with Crippen LogP contribution in [-0.4, -0.2) is 33.3 Å². The molecule has 0 amide bonds. The Morgan fingerprint density at radius 3 is 2.10 bits per heavy atom. The number of aliphatic carboxylic acids is 1. The molecule has 1 aromatic carbocycles. The number of phenols is 1. The first kappa shape index (κ1) is 16.0. The predicted octanol–water partition coefficient (Wildman–Crippen LogP) is 1.06. The summed E-state index contributed by atoms with van der Waals surface area (Å²) in [4.78, 5) is 23.4. The molecule has 0 saturated carbocycles. The maximum atomic E-state index is 12.0. The predicted molar refractivity (Wildman–Crippen MR) is 72.2 cm³/mol. The Bertz CT molecular complexity index is 503. The smallest absolute Gasteiger partial charge is 0.338 e. The van der Waals surface area contributed by atoms with Gasteiger partial charge in [0.25, 0.3) is 0 Å². The van der Waals surface area contributed by atoms with Crippen LogP contribution in [-0.2, 0) is 20.7 Å². The maximum absolute atomic E-state index is 12.0. The van der Waals surface area contributed by atoms with Gasteiger partial charge in [0.2, 0.25) is 5.54 Å². The van der Waals surface area contributed by atoms with Crippen LogP contribution in [0.25, 0.3) is 0 Å². The zero-order valence-corrected chi connectivity index (χ0v) is 11.7. The van der Waals surface area contributed by atoms with Crippen molar-refractivity contribution in [2.24, 2.45) is 5.73 Å². The average molecular weight is 281 g/mol. The zero-order valence-electron chi connectivity index (χ0n) is 11.7. The molecule has 1 aromatic rings. The Morgan fingerprint density at radius 1 is 1.20 bits per heavy atom. The van der Waals surface area contributed by atoms with Crippen molar-refractivity contribution < 1.29 is 24.5 Å². The molecule has 0 saturated heterocycles. The van der Waals surface area contributed by atoms with Crippen molar-refractivity contribution >= 4 is 11.9 Å². The third-order valence-corrected chi connectivity index (χ3v) is 2.56. The molecule has 0 radical (unpaired) electrons. The van der Waals surface area contributed by atoms with E-state index in [0.29, 0.717) is 5.56 Å². The van der Waals surface area contributed by atoms with Crippen molar-refractivity contribution in [3.8, 4) is 5.75 Å². The van der Waals surface area contributed by atoms with Crippen LogP contribution in [0.4, 0.5) is 0 Å². The van der Waals surface area contributed by atoms with Gasteiger partial charge in [0.1, 0.15) is 11.4 Å². The summed E-state index contributed by atoms with van der Waals surface area (Å²) in [5.41, 5.74) is 3.25. The standard InChI is InChI=1S/C14H19NO5/c1-13(2,3)20-12(19)14(15,11(17)18)8-9-4-6-10(16)7-5-9/h4-7,16H,8,15H2,1-3H3,(H,17,18)/t14-/m0/s1. The van der Waals surface area contributed by atoms with Crippen molar-refractivity contribution in [2.75, 3.05) is 0 Å². The third kappa shape index (κ3) is 3.96. The molecule has 0 fully saturated rings. The van der Waals surface area contributed by atoms with E-state index in [1.165, 1.54) is 24.3 Å². The summed E-state index contributed by atoms with van der Waals surface area (Å²) in [6, 6.07) is 5.80. The molecule has 110 valence electrons. The highest BCUT2D eigenvalue weighted by atomic mass is 16.6. The molecule has 0 aliphatic rings. The number of hydrogen-bond donors (Lipinski definition) is 3. The summed E-state index contributed by atoms with van der Waals surface area (Å²) in [5, 5.41) is 18.4. The van der Waals surface area contributed by atoms with E-state index >= 15 is 0 Å². The Balaban J connectivity index is 3.00. The molecule has 0 aliphatic carbocycles. The second-order valence-corrected chi connectivity index (χ2v) is 5.62. The third-order valence-electron chi connectivity index (χ3n) is 2.56. The first-order chi connectivity index (χ1) is 9.04. The minimum atomic E-state index is -2.16. The molecule has 1 atom stereocenters. The van der Waals surface area contributed by atoms with Gasteiger partial charge in [-0.05, 0) is 38.5 Å². The number of rotatable bonds is 4. The van der Waals surface area contributed by atoms with E-state index in [2.05, 4.69) is 0 Å². The highest BCUT2D eigenvalue weighted by molar-refractivity contribution is 6.04. The van der Waals surface area contributed by atoms with Gasteiger partial charge in [-0.25, -0.2) is 9.59 Å². The molecular weight excluding hydrogens is 262 g/mol. The van der Waals surface area contributed by atoms with Gasteiger partial charge in [0.15, 0.2) is 0 Å². The highest BCUT2D eigenvalue weighted by Gasteiger charge is 2.45. The normalized spacial score (nSPS) is 14.4. The number of carbonyl (C=O) groups excluding carboxylic acids is 1. The lowest BCUT2D eigenvalue weighted by atomic mass is 9.91. The van der Waals surface area contributed by atoms with E-state index in [1.54, 1.807) is 20.8 Å². The molecule has 20 heavy (non-hydrogen) atoms. The SMILES string of the molecule is CC(C)(C)OC(=O)[C@](N)(Cc1ccc(O)cc1)C(=O)O. The Kier molecular flexibility index (Phi) is 4.39. The van der Waals surface area contributed by atoms with Gasteiger partial charge in [-0.15, -0.1) is 0 Å². The van der Waals surface area contributed by atoms with E-state index in [9.17, 15) is 19.8 Å². The second-order valence-electron chi connectivity index (χ2n) is 5.62. The first-order valence-electron chi connectivity index (χ1n) is 6.08. The van der Waals surface area contributed by atoms with Crippen molar-refractivity contribution in [3.05, 3.63) is 29.8 Å². The summed E-state index contributed by atoms with van der Waals surface area (Å²) in [7, 11) is 0. The van der Waals surface area contributed by atoms with Crippen LogP contribution < -0.4 is 5.73 Å². The maximum Gasteiger partial charge on any atom is 0.338 e. The number of carbonyl (C=O) groups is 2. The Labute approximate surface area is 117 Å². The summed E-state index contributed by atoms with van der Waals surface area (Å²) in [6.07, 6.45) is -0.225. The summed E-state index contributed by atoms with van der Waals surface area (Å²) >= 11 is 0. The number of nitrogens with two attached hydrogens (primary N) is 1. The molecular formula is C14H19NO5. The minimum Gasteiger partial charge on any atom is -0.508 e. The van der Waals surface area contributed by atoms with Crippen LogP contribution in [0.3, 0.4) is 0 Å².